The zero-order chi connectivity index (χ0) is 11.4. The van der Waals surface area contributed by atoms with E-state index >= 15 is 0 Å². The van der Waals surface area contributed by atoms with Crippen LogP contribution in [-0.2, 0) is 4.79 Å². The van der Waals surface area contributed by atoms with Crippen LogP contribution in [0.5, 0.6) is 0 Å². The predicted molar refractivity (Wildman–Crippen MR) is 53.3 cm³/mol. The Morgan fingerprint density at radius 1 is 1.53 bits per heavy atom. The number of nitrogens with one attached hydrogen (secondary N) is 1. The van der Waals surface area contributed by atoms with E-state index < -0.39 is 23.6 Å². The fourth-order valence-electron chi connectivity index (χ4n) is 1.17. The molecular formula is C10H12F2N2O. The molecule has 1 amide bonds. The first-order valence-corrected chi connectivity index (χ1v) is 4.55. The third-order valence-corrected chi connectivity index (χ3v) is 2.01. The molecule has 0 saturated heterocycles. The molecule has 5 heteroatoms. The number of rotatable bonds is 4. The van der Waals surface area contributed by atoms with Gasteiger partial charge in [0.1, 0.15) is 17.7 Å². The third kappa shape index (κ3) is 2.90. The number of hydrogen-bond donors (Lipinski definition) is 2. The molecule has 0 bridgehead atoms. The largest absolute Gasteiger partial charge is 0.371 e. The maximum atomic E-state index is 13.1. The van der Waals surface area contributed by atoms with Crippen LogP contribution in [0.4, 0.5) is 14.5 Å². The van der Waals surface area contributed by atoms with Crippen molar-refractivity contribution in [1.82, 2.24) is 0 Å². The van der Waals surface area contributed by atoms with Crippen LogP contribution in [0.25, 0.3) is 0 Å². The Kier molecular flexibility index (Phi) is 3.60. The van der Waals surface area contributed by atoms with Gasteiger partial charge in [0.05, 0.1) is 5.69 Å². The molecule has 0 fully saturated rings. The van der Waals surface area contributed by atoms with Crippen molar-refractivity contribution in [3.63, 3.8) is 0 Å². The van der Waals surface area contributed by atoms with Crippen molar-refractivity contribution in [1.29, 1.82) is 0 Å². The topological polar surface area (TPSA) is 55.1 Å². The fraction of sp³-hybridized carbons (Fsp3) is 0.300. The minimum atomic E-state index is -0.693. The Hall–Kier alpha value is -1.65. The van der Waals surface area contributed by atoms with Gasteiger partial charge in [0, 0.05) is 0 Å². The highest BCUT2D eigenvalue weighted by Gasteiger charge is 2.14. The second-order valence-corrected chi connectivity index (χ2v) is 3.13. The Bertz CT molecular complexity index is 368. The molecule has 3 nitrogen and oxygen atoms in total. The van der Waals surface area contributed by atoms with Crippen molar-refractivity contribution in [3.05, 3.63) is 29.8 Å². The lowest BCUT2D eigenvalue weighted by molar-refractivity contribution is -0.118. The lowest BCUT2D eigenvalue weighted by Gasteiger charge is -2.15. The van der Waals surface area contributed by atoms with Crippen LogP contribution in [0, 0.1) is 11.6 Å². The lowest BCUT2D eigenvalue weighted by atomic mass is 10.2. The standard InChI is InChI=1S/C10H12F2N2O/c1-2-8(10(13)15)14-9-5-6(11)3-4-7(9)12/h3-5,8,14H,2H2,1H3,(H2,13,15). The summed E-state index contributed by atoms with van der Waals surface area (Å²) in [5.41, 5.74) is 5.01. The molecule has 1 aromatic carbocycles. The number of nitrogens with two attached hydrogens (primary N) is 1. The highest BCUT2D eigenvalue weighted by atomic mass is 19.1. The average Bonchev–Trinajstić information content (AvgIpc) is 2.18. The Balaban J connectivity index is 2.87. The molecule has 1 unspecified atom stereocenters. The van der Waals surface area contributed by atoms with Crippen molar-refractivity contribution in [2.45, 2.75) is 19.4 Å². The summed E-state index contributed by atoms with van der Waals surface area (Å²) >= 11 is 0. The molecule has 0 heterocycles. The molecule has 1 atom stereocenters. The monoisotopic (exact) mass is 214 g/mol. The molecule has 15 heavy (non-hydrogen) atoms. The van der Waals surface area contributed by atoms with Crippen LogP contribution in [-0.4, -0.2) is 11.9 Å². The van der Waals surface area contributed by atoms with E-state index in [0.717, 1.165) is 18.2 Å². The second kappa shape index (κ2) is 4.72. The summed E-state index contributed by atoms with van der Waals surface area (Å²) < 4.78 is 25.9. The quantitative estimate of drug-likeness (QED) is 0.800. The first-order chi connectivity index (χ1) is 7.04. The van der Waals surface area contributed by atoms with Crippen molar-refractivity contribution >= 4 is 11.6 Å². The molecule has 1 rings (SSSR count). The zero-order valence-electron chi connectivity index (χ0n) is 8.26. The van der Waals surface area contributed by atoms with E-state index in [1.807, 2.05) is 0 Å². The first-order valence-electron chi connectivity index (χ1n) is 4.55. The van der Waals surface area contributed by atoms with Crippen LogP contribution >= 0.6 is 0 Å². The molecule has 0 radical (unpaired) electrons. The van der Waals surface area contributed by atoms with E-state index in [1.165, 1.54) is 0 Å². The number of carbonyl (C=O) groups is 1. The van der Waals surface area contributed by atoms with Gasteiger partial charge in [-0.15, -0.1) is 0 Å². The highest BCUT2D eigenvalue weighted by Crippen LogP contribution is 2.16. The number of anilines is 1. The summed E-state index contributed by atoms with van der Waals surface area (Å²) in [4.78, 5) is 10.9. The van der Waals surface area contributed by atoms with Gasteiger partial charge in [0.15, 0.2) is 0 Å². The average molecular weight is 214 g/mol. The van der Waals surface area contributed by atoms with Crippen LogP contribution < -0.4 is 11.1 Å². The highest BCUT2D eigenvalue weighted by molar-refractivity contribution is 5.82. The summed E-state index contributed by atoms with van der Waals surface area (Å²) in [5, 5.41) is 2.55. The first kappa shape index (κ1) is 11.4. The van der Waals surface area contributed by atoms with Crippen LogP contribution in [0.15, 0.2) is 18.2 Å². The van der Waals surface area contributed by atoms with Gasteiger partial charge in [0.25, 0.3) is 0 Å². The number of primary amides is 1. The number of benzene rings is 1. The molecule has 0 aliphatic rings. The minimum Gasteiger partial charge on any atom is -0.371 e. The Labute approximate surface area is 86.3 Å². The lowest BCUT2D eigenvalue weighted by Crippen LogP contribution is -2.35. The van der Waals surface area contributed by atoms with E-state index in [1.54, 1.807) is 6.92 Å². The Morgan fingerprint density at radius 3 is 2.73 bits per heavy atom. The summed E-state index contributed by atoms with van der Waals surface area (Å²) in [7, 11) is 0. The van der Waals surface area contributed by atoms with Crippen LogP contribution in [0.2, 0.25) is 0 Å². The summed E-state index contributed by atoms with van der Waals surface area (Å²) in [6, 6.07) is 2.29. The normalized spacial score (nSPS) is 12.2. The number of amides is 1. The van der Waals surface area contributed by atoms with Crippen LogP contribution in [0.3, 0.4) is 0 Å². The van der Waals surface area contributed by atoms with Crippen molar-refractivity contribution < 1.29 is 13.6 Å². The van der Waals surface area contributed by atoms with E-state index in [2.05, 4.69) is 5.32 Å². The second-order valence-electron chi connectivity index (χ2n) is 3.13. The third-order valence-electron chi connectivity index (χ3n) is 2.01. The molecule has 3 N–H and O–H groups in total. The van der Waals surface area contributed by atoms with Gasteiger partial charge < -0.3 is 11.1 Å². The smallest absolute Gasteiger partial charge is 0.239 e. The van der Waals surface area contributed by atoms with Crippen LogP contribution in [0.1, 0.15) is 13.3 Å². The van der Waals surface area contributed by atoms with Gasteiger partial charge in [-0.3, -0.25) is 4.79 Å². The van der Waals surface area contributed by atoms with Gasteiger partial charge in [-0.05, 0) is 24.6 Å². The van der Waals surface area contributed by atoms with E-state index in [-0.39, 0.29) is 5.69 Å². The van der Waals surface area contributed by atoms with Crippen molar-refractivity contribution in [3.8, 4) is 0 Å². The molecule has 0 aromatic heterocycles. The summed E-state index contributed by atoms with van der Waals surface area (Å²) in [6.45, 7) is 1.72. The van der Waals surface area contributed by atoms with Gasteiger partial charge >= 0.3 is 0 Å². The number of hydrogen-bond acceptors (Lipinski definition) is 2. The van der Waals surface area contributed by atoms with Crippen molar-refractivity contribution in [2.75, 3.05) is 5.32 Å². The molecule has 1 aromatic rings. The van der Waals surface area contributed by atoms with E-state index in [9.17, 15) is 13.6 Å². The predicted octanol–water partition coefficient (Wildman–Crippen LogP) is 1.64. The van der Waals surface area contributed by atoms with E-state index in [4.69, 9.17) is 5.73 Å². The molecular weight excluding hydrogens is 202 g/mol. The van der Waals surface area contributed by atoms with Gasteiger partial charge in [-0.25, -0.2) is 8.78 Å². The summed E-state index contributed by atoms with van der Waals surface area (Å²) in [6.07, 6.45) is 0.408. The molecule has 82 valence electrons. The van der Waals surface area contributed by atoms with Gasteiger partial charge in [-0.1, -0.05) is 6.92 Å². The Morgan fingerprint density at radius 2 is 2.20 bits per heavy atom. The maximum Gasteiger partial charge on any atom is 0.239 e. The number of halogens is 2. The minimum absolute atomic E-state index is 0.0550. The summed E-state index contributed by atoms with van der Waals surface area (Å²) in [5.74, 6) is -1.78. The maximum absolute atomic E-state index is 13.1. The van der Waals surface area contributed by atoms with Gasteiger partial charge in [0.2, 0.25) is 5.91 Å². The molecule has 0 aliphatic heterocycles. The fourth-order valence-corrected chi connectivity index (χ4v) is 1.17. The number of carbonyl (C=O) groups excluding carboxylic acids is 1. The van der Waals surface area contributed by atoms with Crippen molar-refractivity contribution in [2.24, 2.45) is 5.73 Å². The zero-order valence-corrected chi connectivity index (χ0v) is 8.26. The SMILES string of the molecule is CCC(Nc1cc(F)ccc1F)C(N)=O. The molecule has 0 aliphatic carbocycles. The van der Waals surface area contributed by atoms with E-state index in [0.29, 0.717) is 6.42 Å². The molecule has 0 spiro atoms. The van der Waals surface area contributed by atoms with Gasteiger partial charge in [-0.2, -0.15) is 0 Å². The molecule has 0 saturated carbocycles.